The summed E-state index contributed by atoms with van der Waals surface area (Å²) in [6.07, 6.45) is 2.42. The second kappa shape index (κ2) is 3.10. The van der Waals surface area contributed by atoms with E-state index in [0.717, 1.165) is 18.1 Å². The van der Waals surface area contributed by atoms with Gasteiger partial charge in [-0.3, -0.25) is 0 Å². The van der Waals surface area contributed by atoms with Gasteiger partial charge in [0.1, 0.15) is 5.82 Å². The van der Waals surface area contributed by atoms with Gasteiger partial charge in [-0.25, -0.2) is 4.98 Å². The summed E-state index contributed by atoms with van der Waals surface area (Å²) in [4.78, 5) is 4.12. The van der Waals surface area contributed by atoms with Gasteiger partial charge in [0.25, 0.3) is 0 Å². The maximum absolute atomic E-state index is 4.12. The quantitative estimate of drug-likeness (QED) is 0.645. The summed E-state index contributed by atoms with van der Waals surface area (Å²) in [5.41, 5.74) is 0. The van der Waals surface area contributed by atoms with E-state index in [1.165, 1.54) is 0 Å². The zero-order chi connectivity index (χ0) is 7.40. The number of aromatic nitrogens is 3. The second-order valence-electron chi connectivity index (χ2n) is 1.86. The Balaban J connectivity index is 2.87. The highest BCUT2D eigenvalue weighted by molar-refractivity contribution is 5.28. The first-order valence-corrected chi connectivity index (χ1v) is 3.23. The van der Waals surface area contributed by atoms with Gasteiger partial charge in [-0.1, -0.05) is 6.92 Å². The van der Waals surface area contributed by atoms with E-state index in [4.69, 9.17) is 0 Å². The minimum Gasteiger partial charge on any atom is -0.372 e. The van der Waals surface area contributed by atoms with E-state index in [2.05, 4.69) is 20.5 Å². The first-order chi connectivity index (χ1) is 4.86. The fourth-order valence-electron chi connectivity index (χ4n) is 0.611. The SMILES string of the molecule is CCc1nncc(NC)n1. The molecule has 0 aliphatic rings. The average Bonchev–Trinajstić information content (AvgIpc) is 2.05. The molecule has 1 N–H and O–H groups in total. The molecule has 0 spiro atoms. The van der Waals surface area contributed by atoms with Crippen LogP contribution in [0.4, 0.5) is 5.82 Å². The van der Waals surface area contributed by atoms with Gasteiger partial charge in [0.15, 0.2) is 5.82 Å². The summed E-state index contributed by atoms with van der Waals surface area (Å²) in [6.45, 7) is 2.00. The predicted octanol–water partition coefficient (Wildman–Crippen LogP) is 0.476. The van der Waals surface area contributed by atoms with Gasteiger partial charge in [0.2, 0.25) is 0 Å². The zero-order valence-electron chi connectivity index (χ0n) is 6.13. The Bertz CT molecular complexity index is 191. The molecule has 0 aliphatic carbocycles. The van der Waals surface area contributed by atoms with Gasteiger partial charge in [0.05, 0.1) is 6.20 Å². The van der Waals surface area contributed by atoms with Gasteiger partial charge in [0, 0.05) is 13.5 Å². The summed E-state index contributed by atoms with van der Waals surface area (Å²) < 4.78 is 0. The Hall–Kier alpha value is -1.19. The fraction of sp³-hybridized carbons (Fsp3) is 0.500. The second-order valence-corrected chi connectivity index (χ2v) is 1.86. The lowest BCUT2D eigenvalue weighted by molar-refractivity contribution is 0.851. The van der Waals surface area contributed by atoms with Gasteiger partial charge in [-0.15, -0.1) is 5.10 Å². The maximum Gasteiger partial charge on any atom is 0.153 e. The van der Waals surface area contributed by atoms with Crippen molar-refractivity contribution in [3.05, 3.63) is 12.0 Å². The number of hydrogen-bond donors (Lipinski definition) is 1. The van der Waals surface area contributed by atoms with Gasteiger partial charge in [-0.05, 0) is 0 Å². The number of rotatable bonds is 2. The highest BCUT2D eigenvalue weighted by Crippen LogP contribution is 1.97. The molecule has 10 heavy (non-hydrogen) atoms. The van der Waals surface area contributed by atoms with Crippen LogP contribution in [0.5, 0.6) is 0 Å². The molecule has 0 atom stereocenters. The van der Waals surface area contributed by atoms with Crippen LogP contribution in [0, 0.1) is 0 Å². The molecule has 0 radical (unpaired) electrons. The molecule has 1 aromatic rings. The normalized spacial score (nSPS) is 9.40. The lowest BCUT2D eigenvalue weighted by atomic mass is 10.5. The Morgan fingerprint density at radius 3 is 3.00 bits per heavy atom. The molecule has 0 unspecified atom stereocenters. The van der Waals surface area contributed by atoms with Crippen LogP contribution in [0.15, 0.2) is 6.20 Å². The molecular weight excluding hydrogens is 128 g/mol. The minimum atomic E-state index is 0.770. The summed E-state index contributed by atoms with van der Waals surface area (Å²) in [5, 5.41) is 10.4. The highest BCUT2D eigenvalue weighted by atomic mass is 15.2. The molecule has 1 rings (SSSR count). The largest absolute Gasteiger partial charge is 0.372 e. The number of aryl methyl sites for hydroxylation is 1. The van der Waals surface area contributed by atoms with Crippen LogP contribution < -0.4 is 5.32 Å². The number of hydrogen-bond acceptors (Lipinski definition) is 4. The van der Waals surface area contributed by atoms with Crippen molar-refractivity contribution >= 4 is 5.82 Å². The van der Waals surface area contributed by atoms with Crippen molar-refractivity contribution in [2.45, 2.75) is 13.3 Å². The zero-order valence-corrected chi connectivity index (χ0v) is 6.13. The van der Waals surface area contributed by atoms with Crippen LogP contribution in [0.2, 0.25) is 0 Å². The van der Waals surface area contributed by atoms with Crippen molar-refractivity contribution in [3.8, 4) is 0 Å². The first-order valence-electron chi connectivity index (χ1n) is 3.23. The Labute approximate surface area is 59.7 Å². The van der Waals surface area contributed by atoms with Crippen LogP contribution >= 0.6 is 0 Å². The lowest BCUT2D eigenvalue weighted by Gasteiger charge is -1.97. The maximum atomic E-state index is 4.12. The molecule has 0 amide bonds. The molecule has 4 nitrogen and oxygen atoms in total. The molecule has 54 valence electrons. The van der Waals surface area contributed by atoms with Gasteiger partial charge < -0.3 is 5.32 Å². The molecule has 0 fully saturated rings. The Kier molecular flexibility index (Phi) is 2.15. The van der Waals surface area contributed by atoms with E-state index in [-0.39, 0.29) is 0 Å². The number of anilines is 1. The van der Waals surface area contributed by atoms with Crippen molar-refractivity contribution in [3.63, 3.8) is 0 Å². The van der Waals surface area contributed by atoms with Crippen molar-refractivity contribution in [2.75, 3.05) is 12.4 Å². The van der Waals surface area contributed by atoms with Crippen molar-refractivity contribution in [2.24, 2.45) is 0 Å². The van der Waals surface area contributed by atoms with Crippen LogP contribution in [0.1, 0.15) is 12.7 Å². The van der Waals surface area contributed by atoms with Crippen LogP contribution in [-0.2, 0) is 6.42 Å². The smallest absolute Gasteiger partial charge is 0.153 e. The van der Waals surface area contributed by atoms with Gasteiger partial charge >= 0.3 is 0 Å². The summed E-state index contributed by atoms with van der Waals surface area (Å²) in [7, 11) is 1.81. The molecule has 4 heteroatoms. The summed E-state index contributed by atoms with van der Waals surface area (Å²) in [6, 6.07) is 0. The fourth-order valence-corrected chi connectivity index (χ4v) is 0.611. The van der Waals surface area contributed by atoms with Crippen LogP contribution in [0.3, 0.4) is 0 Å². The van der Waals surface area contributed by atoms with Crippen LogP contribution in [0.25, 0.3) is 0 Å². The van der Waals surface area contributed by atoms with Crippen molar-refractivity contribution < 1.29 is 0 Å². The Morgan fingerprint density at radius 1 is 1.60 bits per heavy atom. The number of nitrogens with zero attached hydrogens (tertiary/aromatic N) is 3. The molecular formula is C6H10N4. The van der Waals surface area contributed by atoms with Gasteiger partial charge in [-0.2, -0.15) is 5.10 Å². The molecule has 0 aromatic carbocycles. The van der Waals surface area contributed by atoms with Crippen molar-refractivity contribution in [1.82, 2.24) is 15.2 Å². The molecule has 0 bridgehead atoms. The molecule has 0 saturated heterocycles. The summed E-state index contributed by atoms with van der Waals surface area (Å²) >= 11 is 0. The van der Waals surface area contributed by atoms with Crippen LogP contribution in [-0.4, -0.2) is 22.2 Å². The lowest BCUT2D eigenvalue weighted by Crippen LogP contribution is -1.99. The molecule has 1 heterocycles. The highest BCUT2D eigenvalue weighted by Gasteiger charge is 1.93. The first kappa shape index (κ1) is 6.92. The predicted molar refractivity (Wildman–Crippen MR) is 38.8 cm³/mol. The Morgan fingerprint density at radius 2 is 2.40 bits per heavy atom. The third kappa shape index (κ3) is 1.40. The monoisotopic (exact) mass is 138 g/mol. The van der Waals surface area contributed by atoms with E-state index in [1.807, 2.05) is 14.0 Å². The third-order valence-corrected chi connectivity index (χ3v) is 1.18. The topological polar surface area (TPSA) is 50.7 Å². The molecule has 0 saturated carbocycles. The third-order valence-electron chi connectivity index (χ3n) is 1.18. The van der Waals surface area contributed by atoms with Crippen molar-refractivity contribution in [1.29, 1.82) is 0 Å². The van der Waals surface area contributed by atoms with E-state index < -0.39 is 0 Å². The summed E-state index contributed by atoms with van der Waals surface area (Å²) in [5.74, 6) is 1.54. The van der Waals surface area contributed by atoms with E-state index >= 15 is 0 Å². The standard InChI is InChI=1S/C6H10N4/c1-3-5-9-6(7-2)4-8-10-5/h4H,3H2,1-2H3,(H,7,9,10). The van der Waals surface area contributed by atoms with E-state index in [1.54, 1.807) is 6.20 Å². The van der Waals surface area contributed by atoms with E-state index in [0.29, 0.717) is 0 Å². The number of nitrogens with one attached hydrogen (secondary N) is 1. The molecule has 0 aliphatic heterocycles. The molecule has 1 aromatic heterocycles. The average molecular weight is 138 g/mol. The van der Waals surface area contributed by atoms with E-state index in [9.17, 15) is 0 Å². The minimum absolute atomic E-state index is 0.770.